The molecule has 0 aliphatic rings. The van der Waals surface area contributed by atoms with Gasteiger partial charge in [-0.25, -0.2) is 0 Å². The zero-order valence-corrected chi connectivity index (χ0v) is 20.7. The molecule has 2 aromatic carbocycles. The number of H-pyrrole nitrogens is 1. The number of fused-ring (bicyclic) bond motifs is 1. The maximum Gasteiger partial charge on any atom is 0.254 e. The molecule has 3 rings (SSSR count). The van der Waals surface area contributed by atoms with Crippen LogP contribution in [0.25, 0.3) is 10.9 Å². The van der Waals surface area contributed by atoms with Gasteiger partial charge in [0.05, 0.1) is 19.9 Å². The lowest BCUT2D eigenvalue weighted by Gasteiger charge is -2.22. The van der Waals surface area contributed by atoms with Crippen molar-refractivity contribution in [3.8, 4) is 11.5 Å². The van der Waals surface area contributed by atoms with Gasteiger partial charge < -0.3 is 30.0 Å². The highest BCUT2D eigenvalue weighted by molar-refractivity contribution is 6.02. The minimum atomic E-state index is -0.857. The van der Waals surface area contributed by atoms with Gasteiger partial charge in [0.25, 0.3) is 5.91 Å². The third-order valence-corrected chi connectivity index (χ3v) is 5.83. The summed E-state index contributed by atoms with van der Waals surface area (Å²) in [4.78, 5) is 43.1. The number of anilines is 1. The fourth-order valence-electron chi connectivity index (χ4n) is 4.07. The van der Waals surface area contributed by atoms with Gasteiger partial charge in [0.1, 0.15) is 6.04 Å². The maximum atomic E-state index is 13.4. The van der Waals surface area contributed by atoms with Crippen LogP contribution in [0, 0.1) is 0 Å². The molecule has 0 aliphatic heterocycles. The topological polar surface area (TPSA) is 113 Å². The average Bonchev–Trinajstić information content (AvgIpc) is 3.26. The average molecular weight is 481 g/mol. The smallest absolute Gasteiger partial charge is 0.254 e. The van der Waals surface area contributed by atoms with Crippen molar-refractivity contribution in [2.24, 2.45) is 0 Å². The molecule has 9 heteroatoms. The van der Waals surface area contributed by atoms with Crippen molar-refractivity contribution in [2.75, 3.05) is 32.6 Å². The van der Waals surface area contributed by atoms with Crippen LogP contribution in [0.2, 0.25) is 0 Å². The molecule has 0 saturated carbocycles. The third kappa shape index (κ3) is 5.74. The van der Waals surface area contributed by atoms with Crippen molar-refractivity contribution in [3.05, 3.63) is 53.7 Å². The molecular formula is C26H32N4O5. The van der Waals surface area contributed by atoms with E-state index >= 15 is 0 Å². The summed E-state index contributed by atoms with van der Waals surface area (Å²) < 4.78 is 10.9. The summed E-state index contributed by atoms with van der Waals surface area (Å²) >= 11 is 0. The van der Waals surface area contributed by atoms with E-state index in [1.54, 1.807) is 17.0 Å². The molecule has 186 valence electrons. The normalized spacial score (nSPS) is 11.6. The quantitative estimate of drug-likeness (QED) is 0.412. The Hall–Kier alpha value is -4.01. The molecule has 0 aliphatic carbocycles. The largest absolute Gasteiger partial charge is 0.493 e. The van der Waals surface area contributed by atoms with Gasteiger partial charge in [-0.15, -0.1) is 0 Å². The minimum absolute atomic E-state index is 0.191. The summed E-state index contributed by atoms with van der Waals surface area (Å²) in [5, 5.41) is 6.54. The van der Waals surface area contributed by atoms with Crippen LogP contribution in [-0.4, -0.2) is 61.0 Å². The van der Waals surface area contributed by atoms with E-state index in [0.29, 0.717) is 24.4 Å². The molecule has 1 aromatic heterocycles. The summed E-state index contributed by atoms with van der Waals surface area (Å²) in [5.41, 5.74) is 2.47. The molecule has 35 heavy (non-hydrogen) atoms. The van der Waals surface area contributed by atoms with Crippen LogP contribution in [0.5, 0.6) is 11.5 Å². The summed E-state index contributed by atoms with van der Waals surface area (Å²) in [5.74, 6) is -0.374. The second-order valence-electron chi connectivity index (χ2n) is 8.04. The SMILES string of the molecule is CCN(CC)C(=O)c1cc(NC(=O)[C@H](Cc2c[nH]c3ccccc23)NC(C)=O)c(OC)c(OC)c1. The number of ether oxygens (including phenoxy) is 2. The Labute approximate surface area is 204 Å². The van der Waals surface area contributed by atoms with Crippen LogP contribution in [-0.2, 0) is 16.0 Å². The van der Waals surface area contributed by atoms with E-state index in [1.807, 2.05) is 44.3 Å². The monoisotopic (exact) mass is 480 g/mol. The van der Waals surface area contributed by atoms with Gasteiger partial charge in [0.15, 0.2) is 11.5 Å². The highest BCUT2D eigenvalue weighted by atomic mass is 16.5. The van der Waals surface area contributed by atoms with Crippen LogP contribution in [0.3, 0.4) is 0 Å². The number of hydrogen-bond acceptors (Lipinski definition) is 5. The predicted molar refractivity (Wildman–Crippen MR) is 135 cm³/mol. The van der Waals surface area contributed by atoms with Gasteiger partial charge in [-0.2, -0.15) is 0 Å². The lowest BCUT2D eigenvalue weighted by molar-refractivity contribution is -0.125. The molecule has 0 fully saturated rings. The highest BCUT2D eigenvalue weighted by Crippen LogP contribution is 2.37. The van der Waals surface area contributed by atoms with E-state index < -0.39 is 11.9 Å². The van der Waals surface area contributed by atoms with E-state index in [-0.39, 0.29) is 29.7 Å². The minimum Gasteiger partial charge on any atom is -0.493 e. The number of aromatic amines is 1. The van der Waals surface area contributed by atoms with Crippen molar-refractivity contribution in [2.45, 2.75) is 33.2 Å². The van der Waals surface area contributed by atoms with Crippen LogP contribution in [0.15, 0.2) is 42.6 Å². The first-order valence-electron chi connectivity index (χ1n) is 11.5. The summed E-state index contributed by atoms with van der Waals surface area (Å²) in [7, 11) is 2.92. The van der Waals surface area contributed by atoms with Crippen molar-refractivity contribution < 1.29 is 23.9 Å². The van der Waals surface area contributed by atoms with Gasteiger partial charge in [-0.3, -0.25) is 14.4 Å². The van der Waals surface area contributed by atoms with E-state index in [9.17, 15) is 14.4 Å². The first-order chi connectivity index (χ1) is 16.8. The van der Waals surface area contributed by atoms with E-state index in [2.05, 4.69) is 15.6 Å². The number of carbonyl (C=O) groups is 3. The van der Waals surface area contributed by atoms with Crippen LogP contribution in [0.4, 0.5) is 5.69 Å². The summed E-state index contributed by atoms with van der Waals surface area (Å²) in [6, 6.07) is 10.0. The number of methoxy groups -OCH3 is 2. The Balaban J connectivity index is 1.95. The van der Waals surface area contributed by atoms with Crippen molar-refractivity contribution >= 4 is 34.3 Å². The molecular weight excluding hydrogens is 448 g/mol. The lowest BCUT2D eigenvalue weighted by Crippen LogP contribution is -2.44. The molecule has 0 spiro atoms. The Bertz CT molecular complexity index is 1220. The third-order valence-electron chi connectivity index (χ3n) is 5.83. The molecule has 1 atom stereocenters. The summed E-state index contributed by atoms with van der Waals surface area (Å²) in [6.07, 6.45) is 2.10. The van der Waals surface area contributed by atoms with Crippen LogP contribution >= 0.6 is 0 Å². The molecule has 1 heterocycles. The standard InChI is InChI=1S/C26H32N4O5/c1-6-30(7-2)26(33)17-12-21(24(35-5)23(14-17)34-4)29-25(32)22(28-16(3)31)13-18-15-27-20-11-9-8-10-19(18)20/h8-12,14-15,22,27H,6-7,13H2,1-5H3,(H,28,31)(H,29,32)/t22-/m0/s1. The van der Waals surface area contributed by atoms with Crippen molar-refractivity contribution in [1.82, 2.24) is 15.2 Å². The van der Waals surface area contributed by atoms with E-state index in [1.165, 1.54) is 21.1 Å². The second-order valence-corrected chi connectivity index (χ2v) is 8.04. The van der Waals surface area contributed by atoms with E-state index in [4.69, 9.17) is 9.47 Å². The van der Waals surface area contributed by atoms with Gasteiger partial charge in [0, 0.05) is 49.1 Å². The predicted octanol–water partition coefficient (Wildman–Crippen LogP) is 3.35. The molecule has 0 saturated heterocycles. The highest BCUT2D eigenvalue weighted by Gasteiger charge is 2.25. The Morgan fingerprint density at radius 3 is 2.40 bits per heavy atom. The number of benzene rings is 2. The Morgan fingerprint density at radius 2 is 1.77 bits per heavy atom. The number of hydrogen-bond donors (Lipinski definition) is 3. The number of amides is 3. The molecule has 0 radical (unpaired) electrons. The number of carbonyl (C=O) groups excluding carboxylic acids is 3. The Kier molecular flexibility index (Phi) is 8.35. The Morgan fingerprint density at radius 1 is 1.06 bits per heavy atom. The number of aromatic nitrogens is 1. The van der Waals surface area contributed by atoms with E-state index in [0.717, 1.165) is 16.5 Å². The zero-order chi connectivity index (χ0) is 25.5. The van der Waals surface area contributed by atoms with Gasteiger partial charge in [0.2, 0.25) is 11.8 Å². The molecule has 3 amide bonds. The molecule has 9 nitrogen and oxygen atoms in total. The molecule has 3 N–H and O–H groups in total. The number of para-hydroxylation sites is 1. The number of rotatable bonds is 10. The van der Waals surface area contributed by atoms with Gasteiger partial charge in [-0.1, -0.05) is 18.2 Å². The molecule has 0 bridgehead atoms. The number of nitrogens with one attached hydrogen (secondary N) is 3. The summed E-state index contributed by atoms with van der Waals surface area (Å²) in [6.45, 7) is 6.24. The lowest BCUT2D eigenvalue weighted by atomic mass is 10.0. The maximum absolute atomic E-state index is 13.4. The van der Waals surface area contributed by atoms with Crippen molar-refractivity contribution in [1.29, 1.82) is 0 Å². The van der Waals surface area contributed by atoms with Crippen LogP contribution < -0.4 is 20.1 Å². The first-order valence-corrected chi connectivity index (χ1v) is 11.5. The molecule has 3 aromatic rings. The fourth-order valence-corrected chi connectivity index (χ4v) is 4.07. The molecule has 0 unspecified atom stereocenters. The van der Waals surface area contributed by atoms with Gasteiger partial charge >= 0.3 is 0 Å². The zero-order valence-electron chi connectivity index (χ0n) is 20.7. The second kappa shape index (κ2) is 11.4. The van der Waals surface area contributed by atoms with Gasteiger partial charge in [-0.05, 0) is 37.6 Å². The number of nitrogens with zero attached hydrogens (tertiary/aromatic N) is 1. The van der Waals surface area contributed by atoms with Crippen LogP contribution in [0.1, 0.15) is 36.7 Å². The fraction of sp³-hybridized carbons (Fsp3) is 0.346. The van der Waals surface area contributed by atoms with Crippen molar-refractivity contribution in [3.63, 3.8) is 0 Å². The first kappa shape index (κ1) is 25.6.